The van der Waals surface area contributed by atoms with Crippen LogP contribution in [-0.4, -0.2) is 12.6 Å². The lowest BCUT2D eigenvalue weighted by Gasteiger charge is -2.25. The van der Waals surface area contributed by atoms with Gasteiger partial charge >= 0.3 is 0 Å². The SMILES string of the molecule is CCNC(c1cc(F)ccc1F)C1Cc2ccccc2O1. The lowest BCUT2D eigenvalue weighted by atomic mass is 9.97. The third-order valence-electron chi connectivity index (χ3n) is 3.76. The summed E-state index contributed by atoms with van der Waals surface area (Å²) in [5.41, 5.74) is 1.41. The Labute approximate surface area is 122 Å². The van der Waals surface area contributed by atoms with Crippen LogP contribution in [-0.2, 0) is 6.42 Å². The van der Waals surface area contributed by atoms with Crippen molar-refractivity contribution in [1.82, 2.24) is 5.32 Å². The zero-order valence-corrected chi connectivity index (χ0v) is 11.8. The third kappa shape index (κ3) is 2.76. The predicted octanol–water partition coefficient (Wildman–Crippen LogP) is 3.62. The minimum Gasteiger partial charge on any atom is -0.488 e. The van der Waals surface area contributed by atoms with Crippen LogP contribution in [0.5, 0.6) is 5.75 Å². The molecule has 0 saturated carbocycles. The van der Waals surface area contributed by atoms with Gasteiger partial charge in [0.15, 0.2) is 0 Å². The predicted molar refractivity (Wildman–Crippen MR) is 77.3 cm³/mol. The highest BCUT2D eigenvalue weighted by atomic mass is 19.1. The number of likely N-dealkylation sites (N-methyl/N-ethyl adjacent to an activating group) is 1. The van der Waals surface area contributed by atoms with Gasteiger partial charge in [0.25, 0.3) is 0 Å². The fraction of sp³-hybridized carbons (Fsp3) is 0.294. The van der Waals surface area contributed by atoms with Crippen LogP contribution in [0.15, 0.2) is 42.5 Å². The molecule has 1 N–H and O–H groups in total. The number of nitrogens with one attached hydrogen (secondary N) is 1. The highest BCUT2D eigenvalue weighted by Crippen LogP contribution is 2.34. The van der Waals surface area contributed by atoms with Crippen LogP contribution in [0.3, 0.4) is 0 Å². The van der Waals surface area contributed by atoms with Gasteiger partial charge in [0.1, 0.15) is 23.5 Å². The molecule has 0 saturated heterocycles. The zero-order chi connectivity index (χ0) is 14.8. The molecule has 4 heteroatoms. The van der Waals surface area contributed by atoms with Crippen molar-refractivity contribution >= 4 is 0 Å². The first-order chi connectivity index (χ1) is 10.2. The van der Waals surface area contributed by atoms with E-state index in [1.165, 1.54) is 6.07 Å². The molecule has 1 aliphatic rings. The molecule has 1 heterocycles. The standard InChI is InChI=1S/C17H17F2NO/c1-2-20-17(13-10-12(18)7-8-14(13)19)16-9-11-5-3-4-6-15(11)21-16/h3-8,10,16-17,20H,2,9H2,1H3. The van der Waals surface area contributed by atoms with Crippen molar-refractivity contribution in [3.05, 3.63) is 65.2 Å². The van der Waals surface area contributed by atoms with E-state index < -0.39 is 11.6 Å². The molecular formula is C17H17F2NO. The summed E-state index contributed by atoms with van der Waals surface area (Å²) >= 11 is 0. The normalized spacial score (nSPS) is 18.1. The molecule has 2 nitrogen and oxygen atoms in total. The maximum atomic E-state index is 14.1. The highest BCUT2D eigenvalue weighted by molar-refractivity contribution is 5.38. The Bertz CT molecular complexity index is 619. The van der Waals surface area contributed by atoms with E-state index in [1.807, 2.05) is 31.2 Å². The van der Waals surface area contributed by atoms with Gasteiger partial charge in [-0.15, -0.1) is 0 Å². The van der Waals surface area contributed by atoms with E-state index in [1.54, 1.807) is 0 Å². The number of fused-ring (bicyclic) bond motifs is 1. The molecule has 0 aromatic heterocycles. The molecule has 110 valence electrons. The van der Waals surface area contributed by atoms with Gasteiger partial charge < -0.3 is 10.1 Å². The first-order valence-corrected chi connectivity index (χ1v) is 7.12. The van der Waals surface area contributed by atoms with Crippen LogP contribution in [0.25, 0.3) is 0 Å². The van der Waals surface area contributed by atoms with E-state index in [0.717, 1.165) is 23.4 Å². The number of benzene rings is 2. The minimum absolute atomic E-state index is 0.237. The molecule has 2 unspecified atom stereocenters. The number of hydrogen-bond acceptors (Lipinski definition) is 2. The average molecular weight is 289 g/mol. The Morgan fingerprint density at radius 3 is 2.81 bits per heavy atom. The Morgan fingerprint density at radius 2 is 2.05 bits per heavy atom. The smallest absolute Gasteiger partial charge is 0.128 e. The molecular weight excluding hydrogens is 272 g/mol. The second-order valence-electron chi connectivity index (χ2n) is 5.17. The van der Waals surface area contributed by atoms with Crippen molar-refractivity contribution in [3.8, 4) is 5.75 Å². The second-order valence-corrected chi connectivity index (χ2v) is 5.17. The van der Waals surface area contributed by atoms with Crippen molar-refractivity contribution in [3.63, 3.8) is 0 Å². The quantitative estimate of drug-likeness (QED) is 0.928. The molecule has 0 amide bonds. The molecule has 0 aliphatic carbocycles. The number of hydrogen-bond donors (Lipinski definition) is 1. The van der Waals surface area contributed by atoms with Crippen molar-refractivity contribution in [1.29, 1.82) is 0 Å². The molecule has 0 fully saturated rings. The van der Waals surface area contributed by atoms with Crippen LogP contribution in [0.4, 0.5) is 8.78 Å². The zero-order valence-electron chi connectivity index (χ0n) is 11.8. The first kappa shape index (κ1) is 14.0. The van der Waals surface area contributed by atoms with Crippen molar-refractivity contribution in [2.24, 2.45) is 0 Å². The second kappa shape index (κ2) is 5.82. The van der Waals surface area contributed by atoms with Gasteiger partial charge in [-0.2, -0.15) is 0 Å². The topological polar surface area (TPSA) is 21.3 Å². The summed E-state index contributed by atoms with van der Waals surface area (Å²) < 4.78 is 33.4. The molecule has 3 rings (SSSR count). The summed E-state index contributed by atoms with van der Waals surface area (Å²) in [7, 11) is 0. The van der Waals surface area contributed by atoms with Crippen LogP contribution in [0.1, 0.15) is 24.1 Å². The first-order valence-electron chi connectivity index (χ1n) is 7.12. The van der Waals surface area contributed by atoms with Crippen molar-refractivity contribution in [2.75, 3.05) is 6.54 Å². The summed E-state index contributed by atoms with van der Waals surface area (Å²) in [6, 6.07) is 10.9. The van der Waals surface area contributed by atoms with Crippen LogP contribution < -0.4 is 10.1 Å². The largest absolute Gasteiger partial charge is 0.488 e. The molecule has 2 aromatic carbocycles. The van der Waals surface area contributed by atoms with Gasteiger partial charge in [0.2, 0.25) is 0 Å². The Kier molecular flexibility index (Phi) is 3.88. The number of ether oxygens (including phenoxy) is 1. The lowest BCUT2D eigenvalue weighted by molar-refractivity contribution is 0.177. The van der Waals surface area contributed by atoms with Crippen molar-refractivity contribution in [2.45, 2.75) is 25.5 Å². The van der Waals surface area contributed by atoms with E-state index in [0.29, 0.717) is 18.5 Å². The Morgan fingerprint density at radius 1 is 1.24 bits per heavy atom. The van der Waals surface area contributed by atoms with E-state index in [2.05, 4.69) is 5.32 Å². The monoisotopic (exact) mass is 289 g/mol. The molecule has 2 atom stereocenters. The van der Waals surface area contributed by atoms with E-state index in [9.17, 15) is 8.78 Å². The summed E-state index contributed by atoms with van der Waals surface area (Å²) in [6.07, 6.45) is 0.447. The van der Waals surface area contributed by atoms with Crippen LogP contribution in [0, 0.1) is 11.6 Å². The van der Waals surface area contributed by atoms with Gasteiger partial charge in [0.05, 0.1) is 6.04 Å². The number of para-hydroxylation sites is 1. The van der Waals surface area contributed by atoms with Gasteiger partial charge in [-0.1, -0.05) is 25.1 Å². The molecule has 1 aliphatic heterocycles. The summed E-state index contributed by atoms with van der Waals surface area (Å²) in [4.78, 5) is 0. The van der Waals surface area contributed by atoms with Crippen molar-refractivity contribution < 1.29 is 13.5 Å². The Balaban J connectivity index is 1.91. The van der Waals surface area contributed by atoms with Gasteiger partial charge in [-0.05, 0) is 36.4 Å². The third-order valence-corrected chi connectivity index (χ3v) is 3.76. The number of halogens is 2. The van der Waals surface area contributed by atoms with Gasteiger partial charge in [0, 0.05) is 12.0 Å². The molecule has 21 heavy (non-hydrogen) atoms. The lowest BCUT2D eigenvalue weighted by Crippen LogP contribution is -2.35. The highest BCUT2D eigenvalue weighted by Gasteiger charge is 2.32. The molecule has 0 bridgehead atoms. The summed E-state index contributed by atoms with van der Waals surface area (Å²) in [5, 5.41) is 3.21. The van der Waals surface area contributed by atoms with Crippen LogP contribution in [0.2, 0.25) is 0 Å². The minimum atomic E-state index is -0.440. The van der Waals surface area contributed by atoms with E-state index in [4.69, 9.17) is 4.74 Å². The fourth-order valence-electron chi connectivity index (χ4n) is 2.81. The van der Waals surface area contributed by atoms with Crippen LogP contribution >= 0.6 is 0 Å². The summed E-state index contributed by atoms with van der Waals surface area (Å²) in [6.45, 7) is 2.59. The number of rotatable bonds is 4. The average Bonchev–Trinajstić information content (AvgIpc) is 2.91. The maximum Gasteiger partial charge on any atom is 0.128 e. The van der Waals surface area contributed by atoms with Gasteiger partial charge in [-0.25, -0.2) is 8.78 Å². The van der Waals surface area contributed by atoms with E-state index >= 15 is 0 Å². The maximum absolute atomic E-state index is 14.1. The molecule has 0 radical (unpaired) electrons. The summed E-state index contributed by atoms with van der Waals surface area (Å²) in [5.74, 6) is -0.0334. The fourth-order valence-corrected chi connectivity index (χ4v) is 2.81. The Hall–Kier alpha value is -1.94. The molecule has 2 aromatic rings. The van der Waals surface area contributed by atoms with Gasteiger partial charge in [-0.3, -0.25) is 0 Å². The molecule has 0 spiro atoms. The van der Waals surface area contributed by atoms with E-state index in [-0.39, 0.29) is 12.1 Å².